The summed E-state index contributed by atoms with van der Waals surface area (Å²) in [7, 11) is 0. The van der Waals surface area contributed by atoms with Gasteiger partial charge in [-0.25, -0.2) is 8.78 Å². The molecule has 0 aliphatic carbocycles. The molecule has 1 heterocycles. The lowest BCUT2D eigenvalue weighted by Crippen LogP contribution is -2.40. The number of unbranched alkanes of at least 4 members (excludes halogenated alkanes) is 1. The van der Waals surface area contributed by atoms with Gasteiger partial charge in [0.2, 0.25) is 0 Å². The van der Waals surface area contributed by atoms with E-state index in [4.69, 9.17) is 9.47 Å². The van der Waals surface area contributed by atoms with Gasteiger partial charge in [0, 0.05) is 19.6 Å². The van der Waals surface area contributed by atoms with Crippen LogP contribution in [0, 0.1) is 23.5 Å². The number of benzene rings is 2. The Balaban J connectivity index is 1.44. The summed E-state index contributed by atoms with van der Waals surface area (Å²) in [5.41, 5.74) is 1.70. The minimum Gasteiger partial charge on any atom is -0.466 e. The van der Waals surface area contributed by atoms with Gasteiger partial charge in [0.1, 0.15) is 17.7 Å². The summed E-state index contributed by atoms with van der Waals surface area (Å²) in [5.74, 6) is 0.196. The van der Waals surface area contributed by atoms with Gasteiger partial charge in [-0.2, -0.15) is 0 Å². The average Bonchev–Trinajstić information content (AvgIpc) is 2.80. The molecule has 0 radical (unpaired) electrons. The first kappa shape index (κ1) is 25.3. The molecular weight excluding hydrogens is 424 g/mol. The quantitative estimate of drug-likeness (QED) is 0.316. The van der Waals surface area contributed by atoms with Crippen LogP contribution in [0.15, 0.2) is 48.5 Å². The first-order chi connectivity index (χ1) is 16.0. The Labute approximate surface area is 195 Å². The highest BCUT2D eigenvalue weighted by molar-refractivity contribution is 5.69. The summed E-state index contributed by atoms with van der Waals surface area (Å²) in [5, 5.41) is 0. The molecular formula is C27H35F2NO3. The van der Waals surface area contributed by atoms with Gasteiger partial charge >= 0.3 is 5.97 Å². The number of hydrogen-bond donors (Lipinski definition) is 0. The van der Waals surface area contributed by atoms with Gasteiger partial charge in [-0.05, 0) is 86.5 Å². The molecule has 0 bridgehead atoms. The maximum atomic E-state index is 13.4. The van der Waals surface area contributed by atoms with Crippen molar-refractivity contribution in [2.45, 2.75) is 45.6 Å². The third-order valence-corrected chi connectivity index (χ3v) is 6.40. The van der Waals surface area contributed by atoms with Crippen molar-refractivity contribution in [2.24, 2.45) is 11.8 Å². The number of piperidine rings is 1. The molecule has 1 aliphatic rings. The standard InChI is InChI=1S/C27H35F2NO3/c1-3-32-26(31)18-23-14-16-30(19-20(23)2)15-4-5-17-33-27(21-6-10-24(28)11-7-21)22-8-12-25(29)13-9-22/h6-13,20,23,27H,3-5,14-19H2,1-2H3/t20-,23-/m1/s1. The summed E-state index contributed by atoms with van der Waals surface area (Å²) < 4.78 is 38.0. The number of rotatable bonds is 11. The van der Waals surface area contributed by atoms with Crippen molar-refractivity contribution in [2.75, 3.05) is 32.8 Å². The lowest BCUT2D eigenvalue weighted by molar-refractivity contribution is -0.145. The molecule has 0 aromatic heterocycles. The predicted octanol–water partition coefficient (Wildman–Crippen LogP) is 5.76. The Morgan fingerprint density at radius 1 is 1.03 bits per heavy atom. The molecule has 2 atom stereocenters. The van der Waals surface area contributed by atoms with Crippen LogP contribution in [0.5, 0.6) is 0 Å². The second-order valence-corrected chi connectivity index (χ2v) is 8.90. The average molecular weight is 460 g/mol. The number of carbonyl (C=O) groups excluding carboxylic acids is 1. The fraction of sp³-hybridized carbons (Fsp3) is 0.519. The van der Waals surface area contributed by atoms with Gasteiger partial charge in [-0.15, -0.1) is 0 Å². The van der Waals surface area contributed by atoms with Crippen LogP contribution in [-0.2, 0) is 14.3 Å². The monoisotopic (exact) mass is 459 g/mol. The van der Waals surface area contributed by atoms with Crippen LogP contribution in [0.25, 0.3) is 0 Å². The van der Waals surface area contributed by atoms with Crippen LogP contribution < -0.4 is 0 Å². The van der Waals surface area contributed by atoms with E-state index >= 15 is 0 Å². The van der Waals surface area contributed by atoms with Crippen LogP contribution >= 0.6 is 0 Å². The summed E-state index contributed by atoms with van der Waals surface area (Å²) in [6.07, 6.45) is 3.09. The molecule has 33 heavy (non-hydrogen) atoms. The van der Waals surface area contributed by atoms with Crippen molar-refractivity contribution in [1.82, 2.24) is 4.90 Å². The van der Waals surface area contributed by atoms with Crippen LogP contribution in [0.1, 0.15) is 56.8 Å². The van der Waals surface area contributed by atoms with Gasteiger partial charge < -0.3 is 14.4 Å². The molecule has 2 aromatic carbocycles. The molecule has 0 N–H and O–H groups in total. The molecule has 6 heteroatoms. The Hall–Kier alpha value is -2.31. The van der Waals surface area contributed by atoms with Crippen LogP contribution in [-0.4, -0.2) is 43.7 Å². The van der Waals surface area contributed by atoms with Crippen LogP contribution in [0.3, 0.4) is 0 Å². The predicted molar refractivity (Wildman–Crippen MR) is 125 cm³/mol. The zero-order valence-electron chi connectivity index (χ0n) is 19.6. The molecule has 1 aliphatic heterocycles. The van der Waals surface area contributed by atoms with E-state index < -0.39 is 0 Å². The summed E-state index contributed by atoms with van der Waals surface area (Å²) >= 11 is 0. The highest BCUT2D eigenvalue weighted by atomic mass is 19.1. The van der Waals surface area contributed by atoms with Crippen molar-refractivity contribution in [3.05, 3.63) is 71.3 Å². The SMILES string of the molecule is CCOC(=O)C[C@H]1CCN(CCCCOC(c2ccc(F)cc2)c2ccc(F)cc2)C[C@H]1C. The third-order valence-electron chi connectivity index (χ3n) is 6.40. The number of halogens is 2. The number of ether oxygens (including phenoxy) is 2. The zero-order valence-corrected chi connectivity index (χ0v) is 19.6. The second-order valence-electron chi connectivity index (χ2n) is 8.90. The maximum absolute atomic E-state index is 13.4. The molecule has 0 saturated carbocycles. The topological polar surface area (TPSA) is 38.8 Å². The summed E-state index contributed by atoms with van der Waals surface area (Å²) in [6, 6.07) is 12.5. The van der Waals surface area contributed by atoms with E-state index in [0.717, 1.165) is 50.0 Å². The van der Waals surface area contributed by atoms with Crippen molar-refractivity contribution in [1.29, 1.82) is 0 Å². The largest absolute Gasteiger partial charge is 0.466 e. The minimum absolute atomic E-state index is 0.0863. The normalized spacial score (nSPS) is 19.1. The third kappa shape index (κ3) is 7.90. The first-order valence-electron chi connectivity index (χ1n) is 12.0. The molecule has 3 rings (SSSR count). The van der Waals surface area contributed by atoms with E-state index in [1.807, 2.05) is 6.92 Å². The fourth-order valence-electron chi connectivity index (χ4n) is 4.52. The molecule has 1 fully saturated rings. The molecule has 0 amide bonds. The number of nitrogens with zero attached hydrogens (tertiary/aromatic N) is 1. The van der Waals surface area contributed by atoms with Gasteiger partial charge in [0.25, 0.3) is 0 Å². The smallest absolute Gasteiger partial charge is 0.306 e. The Morgan fingerprint density at radius 2 is 1.64 bits per heavy atom. The van der Waals surface area contributed by atoms with Gasteiger partial charge in [-0.3, -0.25) is 4.79 Å². The van der Waals surface area contributed by atoms with E-state index in [1.165, 1.54) is 24.3 Å². The van der Waals surface area contributed by atoms with E-state index in [-0.39, 0.29) is 23.7 Å². The fourth-order valence-corrected chi connectivity index (χ4v) is 4.52. The van der Waals surface area contributed by atoms with E-state index in [1.54, 1.807) is 24.3 Å². The highest BCUT2D eigenvalue weighted by Crippen LogP contribution is 2.28. The van der Waals surface area contributed by atoms with Crippen LogP contribution in [0.2, 0.25) is 0 Å². The zero-order chi connectivity index (χ0) is 23.6. The van der Waals surface area contributed by atoms with E-state index in [9.17, 15) is 13.6 Å². The van der Waals surface area contributed by atoms with Gasteiger partial charge in [0.05, 0.1) is 6.61 Å². The summed E-state index contributed by atoms with van der Waals surface area (Å²) in [4.78, 5) is 14.3. The van der Waals surface area contributed by atoms with Gasteiger partial charge in [0.15, 0.2) is 0 Å². The number of hydrogen-bond acceptors (Lipinski definition) is 4. The lowest BCUT2D eigenvalue weighted by atomic mass is 9.84. The number of carbonyl (C=O) groups is 1. The van der Waals surface area contributed by atoms with Gasteiger partial charge in [-0.1, -0.05) is 31.2 Å². The van der Waals surface area contributed by atoms with Crippen molar-refractivity contribution in [3.63, 3.8) is 0 Å². The number of esters is 1. The Bertz CT molecular complexity index is 811. The molecule has 180 valence electrons. The maximum Gasteiger partial charge on any atom is 0.306 e. The van der Waals surface area contributed by atoms with E-state index in [0.29, 0.717) is 31.5 Å². The number of likely N-dealkylation sites (tertiary alicyclic amines) is 1. The molecule has 4 nitrogen and oxygen atoms in total. The van der Waals surface area contributed by atoms with Crippen molar-refractivity contribution >= 4 is 5.97 Å². The summed E-state index contributed by atoms with van der Waals surface area (Å²) in [6.45, 7) is 8.06. The highest BCUT2D eigenvalue weighted by Gasteiger charge is 2.28. The Morgan fingerprint density at radius 3 is 2.18 bits per heavy atom. The molecule has 2 aromatic rings. The molecule has 1 saturated heterocycles. The van der Waals surface area contributed by atoms with Crippen molar-refractivity contribution in [3.8, 4) is 0 Å². The molecule has 0 spiro atoms. The minimum atomic E-state index is -0.357. The second kappa shape index (κ2) is 12.8. The lowest BCUT2D eigenvalue weighted by Gasteiger charge is -2.36. The van der Waals surface area contributed by atoms with Crippen LogP contribution in [0.4, 0.5) is 8.78 Å². The van der Waals surface area contributed by atoms with E-state index in [2.05, 4.69) is 11.8 Å². The molecule has 0 unspecified atom stereocenters. The first-order valence-corrected chi connectivity index (χ1v) is 12.0. The Kier molecular flexibility index (Phi) is 9.82. The van der Waals surface area contributed by atoms with Crippen molar-refractivity contribution < 1.29 is 23.0 Å².